The lowest BCUT2D eigenvalue weighted by Crippen LogP contribution is -2.39. The fourth-order valence-corrected chi connectivity index (χ4v) is 2.22. The van der Waals surface area contributed by atoms with Gasteiger partial charge >= 0.3 is 0 Å². The van der Waals surface area contributed by atoms with Gasteiger partial charge in [-0.2, -0.15) is 5.26 Å². The molecule has 0 aliphatic carbocycles. The lowest BCUT2D eigenvalue weighted by atomic mass is 10.0. The number of benzene rings is 1. The van der Waals surface area contributed by atoms with E-state index in [4.69, 9.17) is 11.0 Å². The molecule has 2 rings (SSSR count). The molecule has 0 spiro atoms. The Morgan fingerprint density at radius 1 is 1.38 bits per heavy atom. The first-order valence-corrected chi connectivity index (χ1v) is 5.72. The van der Waals surface area contributed by atoms with Gasteiger partial charge < -0.3 is 10.6 Å². The Hall–Kier alpha value is -1.53. The highest BCUT2D eigenvalue weighted by atomic mass is 15.1. The summed E-state index contributed by atoms with van der Waals surface area (Å²) in [6.45, 7) is 4.10. The van der Waals surface area contributed by atoms with Gasteiger partial charge in [-0.15, -0.1) is 0 Å². The normalized spacial score (nSPS) is 17.2. The number of piperidine rings is 1. The van der Waals surface area contributed by atoms with E-state index in [2.05, 4.69) is 17.9 Å². The van der Waals surface area contributed by atoms with Crippen molar-refractivity contribution in [2.24, 2.45) is 5.73 Å². The number of nitriles is 1. The average molecular weight is 215 g/mol. The highest BCUT2D eigenvalue weighted by Gasteiger charge is 2.17. The monoisotopic (exact) mass is 215 g/mol. The average Bonchev–Trinajstić information content (AvgIpc) is 2.30. The molecular weight excluding hydrogens is 198 g/mol. The Morgan fingerprint density at radius 3 is 2.62 bits per heavy atom. The zero-order valence-electron chi connectivity index (χ0n) is 9.61. The van der Waals surface area contributed by atoms with Gasteiger partial charge in [0.05, 0.1) is 11.6 Å². The molecule has 84 valence electrons. The summed E-state index contributed by atoms with van der Waals surface area (Å²) < 4.78 is 0. The predicted molar refractivity (Wildman–Crippen MR) is 65.3 cm³/mol. The Kier molecular flexibility index (Phi) is 3.12. The second-order valence-electron chi connectivity index (χ2n) is 4.44. The molecule has 1 aliphatic rings. The minimum atomic E-state index is 0.356. The molecule has 0 radical (unpaired) electrons. The van der Waals surface area contributed by atoms with Crippen LogP contribution in [0.25, 0.3) is 0 Å². The van der Waals surface area contributed by atoms with Crippen molar-refractivity contribution in [2.45, 2.75) is 25.8 Å². The molecule has 2 N–H and O–H groups in total. The SMILES string of the molecule is Cc1cc(C#N)ccc1N1CCC(N)CC1. The maximum atomic E-state index is 8.82. The first-order valence-electron chi connectivity index (χ1n) is 5.72. The summed E-state index contributed by atoms with van der Waals surface area (Å²) in [5, 5.41) is 8.82. The molecule has 3 heteroatoms. The van der Waals surface area contributed by atoms with E-state index in [-0.39, 0.29) is 0 Å². The molecule has 0 amide bonds. The molecule has 0 unspecified atom stereocenters. The van der Waals surface area contributed by atoms with Crippen LogP contribution in [0.2, 0.25) is 0 Å². The summed E-state index contributed by atoms with van der Waals surface area (Å²) >= 11 is 0. The van der Waals surface area contributed by atoms with Crippen molar-refractivity contribution in [1.82, 2.24) is 0 Å². The molecule has 3 nitrogen and oxygen atoms in total. The molecule has 1 heterocycles. The molecule has 1 aliphatic heterocycles. The van der Waals surface area contributed by atoms with Crippen molar-refractivity contribution in [3.8, 4) is 6.07 Å². The Morgan fingerprint density at radius 2 is 2.06 bits per heavy atom. The summed E-state index contributed by atoms with van der Waals surface area (Å²) in [5.41, 5.74) is 9.04. The first-order chi connectivity index (χ1) is 7.70. The van der Waals surface area contributed by atoms with Gasteiger partial charge in [-0.1, -0.05) is 0 Å². The summed E-state index contributed by atoms with van der Waals surface area (Å²) in [7, 11) is 0. The standard InChI is InChI=1S/C13H17N3/c1-10-8-11(9-14)2-3-13(10)16-6-4-12(15)5-7-16/h2-3,8,12H,4-7,15H2,1H3. The van der Waals surface area contributed by atoms with E-state index < -0.39 is 0 Å². The van der Waals surface area contributed by atoms with Crippen LogP contribution in [0.1, 0.15) is 24.0 Å². The van der Waals surface area contributed by atoms with Crippen LogP contribution in [0.4, 0.5) is 5.69 Å². The van der Waals surface area contributed by atoms with Crippen LogP contribution in [-0.4, -0.2) is 19.1 Å². The molecule has 1 fully saturated rings. The molecule has 0 aromatic heterocycles. The van der Waals surface area contributed by atoms with E-state index in [1.165, 1.54) is 11.3 Å². The van der Waals surface area contributed by atoms with Crippen molar-refractivity contribution < 1.29 is 0 Å². The van der Waals surface area contributed by atoms with Gasteiger partial charge in [0.1, 0.15) is 0 Å². The zero-order valence-corrected chi connectivity index (χ0v) is 9.61. The van der Waals surface area contributed by atoms with Crippen LogP contribution in [0.5, 0.6) is 0 Å². The summed E-state index contributed by atoms with van der Waals surface area (Å²) in [6, 6.07) is 8.40. The number of rotatable bonds is 1. The minimum Gasteiger partial charge on any atom is -0.371 e. The fourth-order valence-electron chi connectivity index (χ4n) is 2.22. The van der Waals surface area contributed by atoms with E-state index >= 15 is 0 Å². The fraction of sp³-hybridized carbons (Fsp3) is 0.462. The maximum Gasteiger partial charge on any atom is 0.0991 e. The van der Waals surface area contributed by atoms with Crippen molar-refractivity contribution in [3.05, 3.63) is 29.3 Å². The second kappa shape index (κ2) is 4.54. The topological polar surface area (TPSA) is 53.0 Å². The lowest BCUT2D eigenvalue weighted by Gasteiger charge is -2.33. The zero-order chi connectivity index (χ0) is 11.5. The number of aryl methyl sites for hydroxylation is 1. The van der Waals surface area contributed by atoms with Gasteiger partial charge in [0.25, 0.3) is 0 Å². The van der Waals surface area contributed by atoms with E-state index in [0.29, 0.717) is 6.04 Å². The van der Waals surface area contributed by atoms with Crippen molar-refractivity contribution >= 4 is 5.69 Å². The lowest BCUT2D eigenvalue weighted by molar-refractivity contribution is 0.501. The Bertz CT molecular complexity index is 412. The molecule has 1 saturated heterocycles. The van der Waals surface area contributed by atoms with Crippen LogP contribution >= 0.6 is 0 Å². The number of nitrogens with zero attached hydrogens (tertiary/aromatic N) is 2. The van der Waals surface area contributed by atoms with E-state index in [9.17, 15) is 0 Å². The van der Waals surface area contributed by atoms with Gasteiger partial charge in [-0.3, -0.25) is 0 Å². The minimum absolute atomic E-state index is 0.356. The maximum absolute atomic E-state index is 8.82. The summed E-state index contributed by atoms with van der Waals surface area (Å²) in [5.74, 6) is 0. The quantitative estimate of drug-likeness (QED) is 0.777. The van der Waals surface area contributed by atoms with Gasteiger partial charge in [0.15, 0.2) is 0 Å². The molecule has 0 atom stereocenters. The Labute approximate surface area is 96.5 Å². The molecule has 16 heavy (non-hydrogen) atoms. The number of nitrogens with two attached hydrogens (primary N) is 1. The summed E-state index contributed by atoms with van der Waals surface area (Å²) in [4.78, 5) is 2.36. The van der Waals surface area contributed by atoms with Crippen LogP contribution in [0, 0.1) is 18.3 Å². The smallest absolute Gasteiger partial charge is 0.0991 e. The van der Waals surface area contributed by atoms with Crippen molar-refractivity contribution in [3.63, 3.8) is 0 Å². The number of hydrogen-bond acceptors (Lipinski definition) is 3. The van der Waals surface area contributed by atoms with Crippen LogP contribution in [0.15, 0.2) is 18.2 Å². The highest BCUT2D eigenvalue weighted by molar-refractivity contribution is 5.56. The van der Waals surface area contributed by atoms with Gasteiger partial charge in [-0.05, 0) is 43.5 Å². The second-order valence-corrected chi connectivity index (χ2v) is 4.44. The molecule has 0 bridgehead atoms. The van der Waals surface area contributed by atoms with Crippen molar-refractivity contribution in [1.29, 1.82) is 5.26 Å². The molecule has 1 aromatic carbocycles. The van der Waals surface area contributed by atoms with Gasteiger partial charge in [0.2, 0.25) is 0 Å². The number of anilines is 1. The molecule has 1 aromatic rings. The Balaban J connectivity index is 2.18. The predicted octanol–water partition coefficient (Wildman–Crippen LogP) is 1.79. The van der Waals surface area contributed by atoms with E-state index in [0.717, 1.165) is 31.5 Å². The highest BCUT2D eigenvalue weighted by Crippen LogP contribution is 2.24. The van der Waals surface area contributed by atoms with Crippen LogP contribution in [0.3, 0.4) is 0 Å². The van der Waals surface area contributed by atoms with E-state index in [1.54, 1.807) is 0 Å². The van der Waals surface area contributed by atoms with Crippen LogP contribution in [-0.2, 0) is 0 Å². The third kappa shape index (κ3) is 2.17. The van der Waals surface area contributed by atoms with Crippen molar-refractivity contribution in [2.75, 3.05) is 18.0 Å². The third-order valence-corrected chi connectivity index (χ3v) is 3.21. The van der Waals surface area contributed by atoms with Crippen LogP contribution < -0.4 is 10.6 Å². The first kappa shape index (κ1) is 11.0. The van der Waals surface area contributed by atoms with Gasteiger partial charge in [-0.25, -0.2) is 0 Å². The molecule has 0 saturated carbocycles. The van der Waals surface area contributed by atoms with E-state index in [1.807, 2.05) is 18.2 Å². The third-order valence-electron chi connectivity index (χ3n) is 3.21. The summed E-state index contributed by atoms with van der Waals surface area (Å²) in [6.07, 6.45) is 2.11. The molecular formula is C13H17N3. The largest absolute Gasteiger partial charge is 0.371 e. The van der Waals surface area contributed by atoms with Gasteiger partial charge in [0, 0.05) is 24.8 Å². The number of hydrogen-bond donors (Lipinski definition) is 1.